The van der Waals surface area contributed by atoms with Crippen molar-refractivity contribution in [2.45, 2.75) is 33.4 Å². The molecule has 11 nitrogen and oxygen atoms in total. The number of amides is 1. The number of aryl methyl sites for hydroxylation is 2. The number of carbonyl (C=O) groups excluding carboxylic acids is 1. The molecule has 0 unspecified atom stereocenters. The highest BCUT2D eigenvalue weighted by Gasteiger charge is 2.20. The summed E-state index contributed by atoms with van der Waals surface area (Å²) in [7, 11) is 1.81. The summed E-state index contributed by atoms with van der Waals surface area (Å²) in [5, 5.41) is 15.9. The number of phenols is 1. The number of phenolic OH excluding ortho intramolecular Hbond substituents is 1. The number of nitrogens with one attached hydrogen (secondary N) is 1. The highest BCUT2D eigenvalue weighted by atomic mass is 16.3. The molecule has 0 spiro atoms. The van der Waals surface area contributed by atoms with E-state index in [1.165, 1.54) is 6.07 Å². The number of carbonyl (C=O) groups is 1. The van der Waals surface area contributed by atoms with Gasteiger partial charge in [-0.3, -0.25) is 14.5 Å². The minimum atomic E-state index is -0.418. The van der Waals surface area contributed by atoms with Crippen LogP contribution in [0.2, 0.25) is 0 Å². The number of pyridine rings is 1. The molecule has 6 aromatic rings. The molecule has 0 radical (unpaired) electrons. The summed E-state index contributed by atoms with van der Waals surface area (Å²) in [6, 6.07) is 20.4. The second kappa shape index (κ2) is 11.7. The summed E-state index contributed by atoms with van der Waals surface area (Å²) < 4.78 is 9.82. The maximum atomic E-state index is 11.7. The molecule has 0 fully saturated rings. The van der Waals surface area contributed by atoms with Gasteiger partial charge in [0.15, 0.2) is 5.76 Å². The first-order valence-electron chi connectivity index (χ1n) is 14.3. The number of primary amides is 1. The second-order valence-corrected chi connectivity index (χ2v) is 10.9. The average Bonchev–Trinajstić information content (AvgIpc) is 3.71. The topological polar surface area (TPSA) is 148 Å². The lowest BCUT2D eigenvalue weighted by Gasteiger charge is -2.16. The van der Waals surface area contributed by atoms with Crippen molar-refractivity contribution >= 4 is 16.9 Å². The van der Waals surface area contributed by atoms with Crippen LogP contribution >= 0.6 is 0 Å². The Labute approximate surface area is 253 Å². The number of imidazole rings is 1. The van der Waals surface area contributed by atoms with Gasteiger partial charge in [-0.2, -0.15) is 5.10 Å². The molecule has 4 aromatic heterocycles. The normalized spacial score (nSPS) is 11.5. The summed E-state index contributed by atoms with van der Waals surface area (Å²) in [6.45, 7) is 4.93. The predicted octanol–water partition coefficient (Wildman–Crippen LogP) is 4.38. The van der Waals surface area contributed by atoms with Gasteiger partial charge in [0, 0.05) is 18.8 Å². The van der Waals surface area contributed by atoms with E-state index in [9.17, 15) is 14.7 Å². The molecular weight excluding hydrogens is 558 g/mol. The van der Waals surface area contributed by atoms with Crippen LogP contribution in [-0.2, 0) is 24.3 Å². The van der Waals surface area contributed by atoms with E-state index in [0.29, 0.717) is 30.0 Å². The maximum absolute atomic E-state index is 11.7. The van der Waals surface area contributed by atoms with Gasteiger partial charge in [0.1, 0.15) is 23.0 Å². The molecule has 224 valence electrons. The van der Waals surface area contributed by atoms with E-state index in [0.717, 1.165) is 51.7 Å². The third-order valence-electron chi connectivity index (χ3n) is 7.46. The number of nitrogens with two attached hydrogens (primary N) is 1. The van der Waals surface area contributed by atoms with E-state index in [1.807, 2.05) is 71.8 Å². The van der Waals surface area contributed by atoms with Gasteiger partial charge in [0.05, 0.1) is 41.1 Å². The molecule has 4 heterocycles. The van der Waals surface area contributed by atoms with Crippen molar-refractivity contribution in [1.82, 2.24) is 29.2 Å². The number of furan rings is 1. The Kier molecular flexibility index (Phi) is 7.62. The molecule has 0 aliphatic carbocycles. The van der Waals surface area contributed by atoms with E-state index in [1.54, 1.807) is 23.2 Å². The van der Waals surface area contributed by atoms with Gasteiger partial charge < -0.3 is 24.8 Å². The van der Waals surface area contributed by atoms with E-state index in [2.05, 4.69) is 11.9 Å². The van der Waals surface area contributed by atoms with Crippen LogP contribution < -0.4 is 11.3 Å². The summed E-state index contributed by atoms with van der Waals surface area (Å²) in [5.74, 6) is 1.74. The van der Waals surface area contributed by atoms with Crippen LogP contribution in [0.1, 0.15) is 29.5 Å². The third kappa shape index (κ3) is 5.77. The van der Waals surface area contributed by atoms with Gasteiger partial charge in [-0.15, -0.1) is 0 Å². The molecule has 0 saturated heterocycles. The lowest BCUT2D eigenvalue weighted by atomic mass is 10.1. The Morgan fingerprint density at radius 2 is 1.89 bits per heavy atom. The van der Waals surface area contributed by atoms with Crippen LogP contribution in [0.15, 0.2) is 82.1 Å². The first kappa shape index (κ1) is 28.7. The largest absolute Gasteiger partial charge is 0.507 e. The SMILES string of the molecule is CCc1cc(-c2ccc(C)o2)n(-c2ccc3c(c2)nc(-c2cc(CN(C)CC(N)=O)ccc2O)n3Cc2ccc(=O)[nH]c2)n1. The van der Waals surface area contributed by atoms with Gasteiger partial charge >= 0.3 is 0 Å². The zero-order valence-corrected chi connectivity index (χ0v) is 24.7. The van der Waals surface area contributed by atoms with E-state index >= 15 is 0 Å². The average molecular weight is 592 g/mol. The minimum Gasteiger partial charge on any atom is -0.507 e. The summed E-state index contributed by atoms with van der Waals surface area (Å²) >= 11 is 0. The molecule has 44 heavy (non-hydrogen) atoms. The highest BCUT2D eigenvalue weighted by molar-refractivity contribution is 5.84. The van der Waals surface area contributed by atoms with Crippen LogP contribution in [-0.4, -0.2) is 53.8 Å². The standard InChI is InChI=1S/C33H33N7O4/c1-4-23-14-28(30-11-5-20(2)44-30)40(37-23)24-8-9-27-26(15-24)36-33(39(27)18-22-7-12-32(43)35-16-22)25-13-21(6-10-29(25)41)17-38(3)19-31(34)42/h5-16,41H,4,17-19H2,1-3H3,(H2,34,42)(H,35,43). The number of hydrogen-bond donors (Lipinski definition) is 3. The van der Waals surface area contributed by atoms with Crippen molar-refractivity contribution in [3.05, 3.63) is 106 Å². The molecule has 2 aromatic carbocycles. The Morgan fingerprint density at radius 3 is 2.59 bits per heavy atom. The van der Waals surface area contributed by atoms with Gasteiger partial charge in [0.2, 0.25) is 11.5 Å². The van der Waals surface area contributed by atoms with Crippen LogP contribution in [0, 0.1) is 6.92 Å². The predicted molar refractivity (Wildman–Crippen MR) is 167 cm³/mol. The van der Waals surface area contributed by atoms with Crippen LogP contribution in [0.25, 0.3) is 39.6 Å². The molecule has 4 N–H and O–H groups in total. The molecule has 1 amide bonds. The lowest BCUT2D eigenvalue weighted by Crippen LogP contribution is -2.30. The molecule has 11 heteroatoms. The first-order valence-corrected chi connectivity index (χ1v) is 14.3. The van der Waals surface area contributed by atoms with Crippen LogP contribution in [0.5, 0.6) is 5.75 Å². The van der Waals surface area contributed by atoms with Crippen molar-refractivity contribution < 1.29 is 14.3 Å². The number of hydrogen-bond acceptors (Lipinski definition) is 7. The number of nitrogens with zero attached hydrogens (tertiary/aromatic N) is 5. The fourth-order valence-corrected chi connectivity index (χ4v) is 5.38. The molecule has 0 atom stereocenters. The maximum Gasteiger partial charge on any atom is 0.247 e. The molecule has 0 saturated carbocycles. The monoisotopic (exact) mass is 591 g/mol. The number of benzene rings is 2. The number of aromatic nitrogens is 5. The van der Waals surface area contributed by atoms with Gasteiger partial charge in [-0.25, -0.2) is 9.67 Å². The van der Waals surface area contributed by atoms with Crippen LogP contribution in [0.3, 0.4) is 0 Å². The Morgan fingerprint density at radius 1 is 1.07 bits per heavy atom. The number of fused-ring (bicyclic) bond motifs is 1. The van der Waals surface area contributed by atoms with Crippen molar-refractivity contribution in [3.8, 4) is 34.3 Å². The Balaban J connectivity index is 1.49. The molecule has 6 rings (SSSR count). The summed E-state index contributed by atoms with van der Waals surface area (Å²) in [4.78, 5) is 32.7. The highest BCUT2D eigenvalue weighted by Crippen LogP contribution is 2.34. The number of aromatic amines is 1. The zero-order valence-electron chi connectivity index (χ0n) is 24.7. The van der Waals surface area contributed by atoms with E-state index in [-0.39, 0.29) is 17.9 Å². The van der Waals surface area contributed by atoms with Crippen molar-refractivity contribution in [1.29, 1.82) is 0 Å². The molecule has 0 aliphatic heterocycles. The molecular formula is C33H33N7O4. The first-order chi connectivity index (χ1) is 21.2. The Bertz CT molecular complexity index is 2030. The van der Waals surface area contributed by atoms with Crippen LogP contribution in [0.4, 0.5) is 0 Å². The number of rotatable bonds is 10. The van der Waals surface area contributed by atoms with Crippen molar-refractivity contribution in [2.75, 3.05) is 13.6 Å². The third-order valence-corrected chi connectivity index (χ3v) is 7.46. The number of H-pyrrole nitrogens is 1. The van der Waals surface area contributed by atoms with E-state index in [4.69, 9.17) is 20.2 Å². The number of likely N-dealkylation sites (N-methyl/N-ethyl adjacent to an activating group) is 1. The second-order valence-electron chi connectivity index (χ2n) is 10.9. The lowest BCUT2D eigenvalue weighted by molar-refractivity contribution is -0.118. The summed E-state index contributed by atoms with van der Waals surface area (Å²) in [5.41, 5.74) is 11.6. The smallest absolute Gasteiger partial charge is 0.247 e. The minimum absolute atomic E-state index is 0.0692. The van der Waals surface area contributed by atoms with Gasteiger partial charge in [-0.05, 0) is 80.1 Å². The Hall–Kier alpha value is -5.42. The van der Waals surface area contributed by atoms with E-state index < -0.39 is 5.91 Å². The molecule has 0 aliphatic rings. The zero-order chi connectivity index (χ0) is 31.0. The quantitative estimate of drug-likeness (QED) is 0.214. The summed E-state index contributed by atoms with van der Waals surface area (Å²) in [6.07, 6.45) is 2.44. The van der Waals surface area contributed by atoms with Crippen molar-refractivity contribution in [2.24, 2.45) is 5.73 Å². The number of aromatic hydroxyl groups is 1. The van der Waals surface area contributed by atoms with Crippen molar-refractivity contribution in [3.63, 3.8) is 0 Å². The van der Waals surface area contributed by atoms with Gasteiger partial charge in [0.25, 0.3) is 0 Å². The fourth-order valence-electron chi connectivity index (χ4n) is 5.38. The van der Waals surface area contributed by atoms with Gasteiger partial charge in [-0.1, -0.05) is 19.1 Å². The molecule has 0 bridgehead atoms. The fraction of sp³-hybridized carbons (Fsp3) is 0.212.